The van der Waals surface area contributed by atoms with Gasteiger partial charge in [0, 0.05) is 37.2 Å². The first-order chi connectivity index (χ1) is 9.77. The summed E-state index contributed by atoms with van der Waals surface area (Å²) in [4.78, 5) is 29.3. The number of aromatic carboxylic acids is 1. The quantitative estimate of drug-likeness (QED) is 0.860. The lowest BCUT2D eigenvalue weighted by Gasteiger charge is -2.25. The highest BCUT2D eigenvalue weighted by Gasteiger charge is 2.22. The first-order valence-electron chi connectivity index (χ1n) is 7.05. The van der Waals surface area contributed by atoms with E-state index in [2.05, 4.69) is 10.3 Å². The van der Waals surface area contributed by atoms with Gasteiger partial charge in [-0.25, -0.2) is 9.78 Å². The standard InChI is InChI=1S/C15H21N3O3/c1-15(2,3)11-8-10(14(20)21)9-12(17-11)18-6-4-13(19)16-5-7-18/h8-9H,4-7H2,1-3H3,(H,16,19)(H,20,21). The molecule has 1 aliphatic rings. The van der Waals surface area contributed by atoms with Crippen molar-refractivity contribution in [3.8, 4) is 0 Å². The summed E-state index contributed by atoms with van der Waals surface area (Å²) >= 11 is 0. The van der Waals surface area contributed by atoms with E-state index in [1.54, 1.807) is 12.1 Å². The number of aromatic nitrogens is 1. The zero-order valence-corrected chi connectivity index (χ0v) is 12.6. The second-order valence-corrected chi connectivity index (χ2v) is 6.24. The third-order valence-electron chi connectivity index (χ3n) is 3.46. The summed E-state index contributed by atoms with van der Waals surface area (Å²) in [5.74, 6) is -0.326. The summed E-state index contributed by atoms with van der Waals surface area (Å²) in [6.07, 6.45) is 0.393. The van der Waals surface area contributed by atoms with Gasteiger partial charge in [0.15, 0.2) is 0 Å². The summed E-state index contributed by atoms with van der Waals surface area (Å²) in [7, 11) is 0. The molecule has 114 valence electrons. The topological polar surface area (TPSA) is 82.5 Å². The van der Waals surface area contributed by atoms with Crippen LogP contribution in [0.2, 0.25) is 0 Å². The summed E-state index contributed by atoms with van der Waals surface area (Å²) in [5.41, 5.74) is 0.731. The predicted octanol–water partition coefficient (Wildman–Crippen LogP) is 1.40. The van der Waals surface area contributed by atoms with Crippen LogP contribution in [0, 0.1) is 0 Å². The molecule has 0 aromatic carbocycles. The van der Waals surface area contributed by atoms with Crippen LogP contribution in [-0.4, -0.2) is 41.6 Å². The minimum absolute atomic E-state index is 0.0166. The maximum absolute atomic E-state index is 11.4. The van der Waals surface area contributed by atoms with E-state index >= 15 is 0 Å². The highest BCUT2D eigenvalue weighted by Crippen LogP contribution is 2.25. The lowest BCUT2D eigenvalue weighted by molar-refractivity contribution is -0.120. The number of rotatable bonds is 2. The van der Waals surface area contributed by atoms with Crippen LogP contribution in [0.5, 0.6) is 0 Å². The molecule has 1 fully saturated rings. The van der Waals surface area contributed by atoms with Crippen molar-refractivity contribution in [1.82, 2.24) is 10.3 Å². The fraction of sp³-hybridized carbons (Fsp3) is 0.533. The lowest BCUT2D eigenvalue weighted by atomic mass is 9.90. The van der Waals surface area contributed by atoms with E-state index in [9.17, 15) is 14.7 Å². The average Bonchev–Trinajstić information content (AvgIpc) is 2.62. The van der Waals surface area contributed by atoms with Gasteiger partial charge in [0.2, 0.25) is 5.91 Å². The summed E-state index contributed by atoms with van der Waals surface area (Å²) in [5, 5.41) is 12.1. The van der Waals surface area contributed by atoms with Crippen LogP contribution in [0.15, 0.2) is 12.1 Å². The van der Waals surface area contributed by atoms with Crippen molar-refractivity contribution < 1.29 is 14.7 Å². The molecule has 0 atom stereocenters. The minimum Gasteiger partial charge on any atom is -0.478 e. The number of anilines is 1. The van der Waals surface area contributed by atoms with E-state index in [1.165, 1.54) is 0 Å². The zero-order chi connectivity index (χ0) is 15.6. The van der Waals surface area contributed by atoms with E-state index in [0.717, 1.165) is 5.69 Å². The molecule has 6 heteroatoms. The number of carbonyl (C=O) groups excluding carboxylic acids is 1. The Balaban J connectivity index is 2.40. The fourth-order valence-electron chi connectivity index (χ4n) is 2.18. The molecule has 2 N–H and O–H groups in total. The normalized spacial score (nSPS) is 16.3. The van der Waals surface area contributed by atoms with Gasteiger partial charge in [-0.2, -0.15) is 0 Å². The second-order valence-electron chi connectivity index (χ2n) is 6.24. The predicted molar refractivity (Wildman–Crippen MR) is 79.7 cm³/mol. The molecule has 0 aliphatic carbocycles. The molecule has 2 heterocycles. The maximum atomic E-state index is 11.4. The number of carbonyl (C=O) groups is 2. The number of carboxylic acid groups (broad SMARTS) is 1. The van der Waals surface area contributed by atoms with Crippen LogP contribution in [0.3, 0.4) is 0 Å². The molecule has 1 aromatic heterocycles. The molecule has 6 nitrogen and oxygen atoms in total. The van der Waals surface area contributed by atoms with Gasteiger partial charge in [0.1, 0.15) is 5.82 Å². The van der Waals surface area contributed by atoms with Crippen molar-refractivity contribution in [2.75, 3.05) is 24.5 Å². The van der Waals surface area contributed by atoms with Gasteiger partial charge in [-0.1, -0.05) is 20.8 Å². The number of pyridine rings is 1. The van der Waals surface area contributed by atoms with Crippen LogP contribution in [0.25, 0.3) is 0 Å². The molecule has 2 rings (SSSR count). The minimum atomic E-state index is -0.965. The molecule has 0 spiro atoms. The number of nitrogens with zero attached hydrogens (tertiary/aromatic N) is 2. The van der Waals surface area contributed by atoms with Crippen LogP contribution in [-0.2, 0) is 10.2 Å². The Hall–Kier alpha value is -2.11. The zero-order valence-electron chi connectivity index (χ0n) is 12.6. The van der Waals surface area contributed by atoms with Gasteiger partial charge in [-0.3, -0.25) is 4.79 Å². The molecule has 1 saturated heterocycles. The number of carboxylic acids is 1. The van der Waals surface area contributed by atoms with Crippen molar-refractivity contribution in [2.24, 2.45) is 0 Å². The van der Waals surface area contributed by atoms with Crippen molar-refractivity contribution in [3.05, 3.63) is 23.4 Å². The molecule has 21 heavy (non-hydrogen) atoms. The van der Waals surface area contributed by atoms with E-state index in [-0.39, 0.29) is 16.9 Å². The van der Waals surface area contributed by atoms with E-state index in [1.807, 2.05) is 25.7 Å². The summed E-state index contributed by atoms with van der Waals surface area (Å²) < 4.78 is 0. The molecule has 0 saturated carbocycles. The monoisotopic (exact) mass is 291 g/mol. The Kier molecular flexibility index (Phi) is 4.16. The van der Waals surface area contributed by atoms with Crippen molar-refractivity contribution >= 4 is 17.7 Å². The van der Waals surface area contributed by atoms with Crippen LogP contribution in [0.1, 0.15) is 43.2 Å². The van der Waals surface area contributed by atoms with Gasteiger partial charge < -0.3 is 15.3 Å². The molecule has 0 radical (unpaired) electrons. The SMILES string of the molecule is CC(C)(C)c1cc(C(=O)O)cc(N2CCNC(=O)CC2)n1. The van der Waals surface area contributed by atoms with E-state index < -0.39 is 5.97 Å². The van der Waals surface area contributed by atoms with Crippen LogP contribution >= 0.6 is 0 Å². The molecule has 1 aromatic rings. The number of hydrogen-bond acceptors (Lipinski definition) is 4. The second kappa shape index (κ2) is 5.71. The van der Waals surface area contributed by atoms with Crippen molar-refractivity contribution in [1.29, 1.82) is 0 Å². The Morgan fingerprint density at radius 2 is 2.05 bits per heavy atom. The Morgan fingerprint density at radius 3 is 2.67 bits per heavy atom. The highest BCUT2D eigenvalue weighted by molar-refractivity contribution is 5.88. The largest absolute Gasteiger partial charge is 0.478 e. The average molecular weight is 291 g/mol. The Bertz CT molecular complexity index is 564. The van der Waals surface area contributed by atoms with E-state index in [0.29, 0.717) is 31.9 Å². The molecular formula is C15H21N3O3. The molecule has 0 bridgehead atoms. The van der Waals surface area contributed by atoms with E-state index in [4.69, 9.17) is 0 Å². The summed E-state index contributed by atoms with van der Waals surface area (Å²) in [6, 6.07) is 3.19. The van der Waals surface area contributed by atoms with Gasteiger partial charge in [-0.15, -0.1) is 0 Å². The lowest BCUT2D eigenvalue weighted by Crippen LogP contribution is -2.30. The maximum Gasteiger partial charge on any atom is 0.335 e. The van der Waals surface area contributed by atoms with Crippen LogP contribution < -0.4 is 10.2 Å². The first kappa shape index (κ1) is 15.3. The van der Waals surface area contributed by atoms with Crippen LogP contribution in [0.4, 0.5) is 5.82 Å². The Morgan fingerprint density at radius 1 is 1.33 bits per heavy atom. The van der Waals surface area contributed by atoms with Crippen molar-refractivity contribution in [2.45, 2.75) is 32.6 Å². The third-order valence-corrected chi connectivity index (χ3v) is 3.46. The molecular weight excluding hydrogens is 270 g/mol. The summed E-state index contributed by atoms with van der Waals surface area (Å²) in [6.45, 7) is 7.72. The number of amides is 1. The third kappa shape index (κ3) is 3.71. The Labute approximate surface area is 124 Å². The number of nitrogens with one attached hydrogen (secondary N) is 1. The number of hydrogen-bond donors (Lipinski definition) is 2. The van der Waals surface area contributed by atoms with Crippen molar-refractivity contribution in [3.63, 3.8) is 0 Å². The van der Waals surface area contributed by atoms with Gasteiger partial charge in [-0.05, 0) is 12.1 Å². The highest BCUT2D eigenvalue weighted by atomic mass is 16.4. The van der Waals surface area contributed by atoms with Gasteiger partial charge in [0.05, 0.1) is 5.56 Å². The molecule has 1 amide bonds. The fourth-order valence-corrected chi connectivity index (χ4v) is 2.18. The molecule has 1 aliphatic heterocycles. The van der Waals surface area contributed by atoms with Gasteiger partial charge >= 0.3 is 5.97 Å². The first-order valence-corrected chi connectivity index (χ1v) is 7.05. The van der Waals surface area contributed by atoms with Gasteiger partial charge in [0.25, 0.3) is 0 Å². The smallest absolute Gasteiger partial charge is 0.335 e. The molecule has 0 unspecified atom stereocenters.